The zero-order chi connectivity index (χ0) is 19.9. The Hall–Kier alpha value is -3.44. The van der Waals surface area contributed by atoms with Gasteiger partial charge in [-0.05, 0) is 17.7 Å². The summed E-state index contributed by atoms with van der Waals surface area (Å²) < 4.78 is 5.45. The summed E-state index contributed by atoms with van der Waals surface area (Å²) in [5, 5.41) is 5.96. The average Bonchev–Trinajstić information content (AvgIpc) is 3.28. The fourth-order valence-corrected chi connectivity index (χ4v) is 3.67. The van der Waals surface area contributed by atoms with Crippen LogP contribution >= 0.6 is 11.3 Å². The monoisotopic (exact) mass is 400 g/mol. The molecule has 0 aliphatic rings. The first-order chi connectivity index (χ1) is 14.3. The molecular weight excluding hydrogens is 380 g/mol. The number of para-hydroxylation sites is 1. The van der Waals surface area contributed by atoms with Gasteiger partial charge in [-0.25, -0.2) is 4.98 Å². The lowest BCUT2D eigenvalue weighted by molar-refractivity contribution is -0.123. The molecule has 29 heavy (non-hydrogen) atoms. The first-order valence-electron chi connectivity index (χ1n) is 9.33. The van der Waals surface area contributed by atoms with Gasteiger partial charge in [0.05, 0.1) is 5.69 Å². The van der Waals surface area contributed by atoms with Crippen LogP contribution in [0.2, 0.25) is 0 Å². The topological polar surface area (TPSA) is 51.2 Å². The summed E-state index contributed by atoms with van der Waals surface area (Å²) in [5.74, 6) is 0.537. The smallest absolute Gasteiger partial charge is 0.258 e. The van der Waals surface area contributed by atoms with Crippen molar-refractivity contribution in [2.45, 2.75) is 6.54 Å². The molecule has 1 N–H and O–H groups in total. The Morgan fingerprint density at radius 1 is 0.862 bits per heavy atom. The molecule has 0 saturated carbocycles. The maximum atomic E-state index is 12.0. The van der Waals surface area contributed by atoms with E-state index >= 15 is 0 Å². The predicted molar refractivity (Wildman–Crippen MR) is 117 cm³/mol. The molecule has 4 rings (SSSR count). The van der Waals surface area contributed by atoms with Gasteiger partial charge < -0.3 is 10.1 Å². The van der Waals surface area contributed by atoms with Crippen LogP contribution in [-0.2, 0) is 11.3 Å². The largest absolute Gasteiger partial charge is 0.484 e. The number of nitrogens with zero attached hydrogens (tertiary/aromatic N) is 1. The summed E-state index contributed by atoms with van der Waals surface area (Å²) in [6, 6.07) is 27.6. The van der Waals surface area contributed by atoms with Gasteiger partial charge in [-0.15, -0.1) is 11.3 Å². The summed E-state index contributed by atoms with van der Waals surface area (Å²) in [6.45, 7) is 0.465. The molecule has 0 spiro atoms. The molecule has 0 fully saturated rings. The molecule has 0 atom stereocenters. The van der Waals surface area contributed by atoms with Crippen LogP contribution in [0.3, 0.4) is 0 Å². The molecule has 0 radical (unpaired) electrons. The van der Waals surface area contributed by atoms with Gasteiger partial charge in [-0.1, -0.05) is 72.8 Å². The number of aromatic nitrogens is 1. The highest BCUT2D eigenvalue weighted by atomic mass is 32.1. The Morgan fingerprint density at radius 2 is 1.55 bits per heavy atom. The standard InChI is InChI=1S/C24H20N2O2S/c27-23(16-28-21-9-5-2-6-10-21)25-15-18-11-13-19(14-12-18)22-17-29-24(26-22)20-7-3-1-4-8-20/h1-14,17H,15-16H2,(H,25,27). The number of nitrogens with one attached hydrogen (secondary N) is 1. The molecule has 4 aromatic rings. The molecule has 144 valence electrons. The SMILES string of the molecule is O=C(COc1ccccc1)NCc1ccc(-c2csc(-c3ccccc3)n2)cc1. The van der Waals surface area contributed by atoms with Gasteiger partial charge in [-0.3, -0.25) is 4.79 Å². The third-order valence-electron chi connectivity index (χ3n) is 4.38. The Balaban J connectivity index is 1.31. The first-order valence-corrected chi connectivity index (χ1v) is 10.2. The van der Waals surface area contributed by atoms with Gasteiger partial charge in [0.2, 0.25) is 0 Å². The number of amides is 1. The lowest BCUT2D eigenvalue weighted by Crippen LogP contribution is -2.28. The van der Waals surface area contributed by atoms with Crippen LogP contribution in [0.5, 0.6) is 5.75 Å². The van der Waals surface area contributed by atoms with Crippen LogP contribution in [0, 0.1) is 0 Å². The van der Waals surface area contributed by atoms with Gasteiger partial charge in [0.15, 0.2) is 6.61 Å². The summed E-state index contributed by atoms with van der Waals surface area (Å²) in [6.07, 6.45) is 0. The summed E-state index contributed by atoms with van der Waals surface area (Å²) >= 11 is 1.64. The van der Waals surface area contributed by atoms with Gasteiger partial charge in [0.25, 0.3) is 5.91 Å². The van der Waals surface area contributed by atoms with E-state index in [2.05, 4.69) is 22.8 Å². The second-order valence-corrected chi connectivity index (χ2v) is 7.34. The maximum Gasteiger partial charge on any atom is 0.258 e. The third kappa shape index (κ3) is 5.09. The molecule has 0 saturated heterocycles. The van der Waals surface area contributed by atoms with Crippen molar-refractivity contribution in [1.29, 1.82) is 0 Å². The number of hydrogen-bond donors (Lipinski definition) is 1. The minimum atomic E-state index is -0.148. The number of ether oxygens (including phenoxy) is 1. The van der Waals surface area contributed by atoms with Crippen molar-refractivity contribution in [2.24, 2.45) is 0 Å². The van der Waals surface area contributed by atoms with Crippen molar-refractivity contribution in [3.05, 3.63) is 95.9 Å². The van der Waals surface area contributed by atoms with Crippen LogP contribution in [0.4, 0.5) is 0 Å². The maximum absolute atomic E-state index is 12.0. The number of thiazole rings is 1. The zero-order valence-corrected chi connectivity index (χ0v) is 16.6. The number of rotatable bonds is 7. The van der Waals surface area contributed by atoms with E-state index in [4.69, 9.17) is 9.72 Å². The van der Waals surface area contributed by atoms with Crippen LogP contribution in [-0.4, -0.2) is 17.5 Å². The van der Waals surface area contributed by atoms with E-state index in [0.717, 1.165) is 27.4 Å². The van der Waals surface area contributed by atoms with Gasteiger partial charge in [-0.2, -0.15) is 0 Å². The van der Waals surface area contributed by atoms with Crippen LogP contribution in [0.1, 0.15) is 5.56 Å². The lowest BCUT2D eigenvalue weighted by Gasteiger charge is -2.08. The quantitative estimate of drug-likeness (QED) is 0.465. The summed E-state index contributed by atoms with van der Waals surface area (Å²) in [7, 11) is 0. The first kappa shape index (κ1) is 18.9. The highest BCUT2D eigenvalue weighted by Gasteiger charge is 2.07. The molecule has 1 heterocycles. The number of carbonyl (C=O) groups excluding carboxylic acids is 1. The number of carbonyl (C=O) groups is 1. The Bertz CT molecular complexity index is 1060. The van der Waals surface area contributed by atoms with Crippen molar-refractivity contribution < 1.29 is 9.53 Å². The van der Waals surface area contributed by atoms with E-state index in [1.54, 1.807) is 11.3 Å². The van der Waals surface area contributed by atoms with Gasteiger partial charge >= 0.3 is 0 Å². The number of benzene rings is 3. The average molecular weight is 401 g/mol. The van der Waals surface area contributed by atoms with Crippen molar-refractivity contribution in [3.8, 4) is 27.6 Å². The van der Waals surface area contributed by atoms with E-state index in [9.17, 15) is 4.79 Å². The minimum absolute atomic E-state index is 0.00316. The summed E-state index contributed by atoms with van der Waals surface area (Å²) in [5.41, 5.74) is 4.17. The summed E-state index contributed by atoms with van der Waals surface area (Å²) in [4.78, 5) is 16.7. The third-order valence-corrected chi connectivity index (χ3v) is 5.27. The van der Waals surface area contributed by atoms with Crippen molar-refractivity contribution in [1.82, 2.24) is 10.3 Å². The Kier molecular flexibility index (Phi) is 5.98. The van der Waals surface area contributed by atoms with E-state index in [1.807, 2.05) is 72.8 Å². The second-order valence-electron chi connectivity index (χ2n) is 6.48. The number of hydrogen-bond acceptors (Lipinski definition) is 4. The molecule has 1 aromatic heterocycles. The highest BCUT2D eigenvalue weighted by molar-refractivity contribution is 7.13. The van der Waals surface area contributed by atoms with E-state index < -0.39 is 0 Å². The molecule has 0 bridgehead atoms. The molecule has 0 aliphatic heterocycles. The Labute approximate surface area is 173 Å². The zero-order valence-electron chi connectivity index (χ0n) is 15.7. The van der Waals surface area contributed by atoms with Crippen LogP contribution < -0.4 is 10.1 Å². The minimum Gasteiger partial charge on any atom is -0.484 e. The molecule has 0 unspecified atom stereocenters. The van der Waals surface area contributed by atoms with Crippen molar-refractivity contribution in [3.63, 3.8) is 0 Å². The molecular formula is C24H20N2O2S. The molecule has 4 nitrogen and oxygen atoms in total. The molecule has 1 amide bonds. The lowest BCUT2D eigenvalue weighted by atomic mass is 10.1. The van der Waals surface area contributed by atoms with Crippen molar-refractivity contribution in [2.75, 3.05) is 6.61 Å². The van der Waals surface area contributed by atoms with Gasteiger partial charge in [0, 0.05) is 23.1 Å². The van der Waals surface area contributed by atoms with Crippen LogP contribution in [0.25, 0.3) is 21.8 Å². The highest BCUT2D eigenvalue weighted by Crippen LogP contribution is 2.28. The predicted octanol–water partition coefficient (Wildman–Crippen LogP) is 5.17. The van der Waals surface area contributed by atoms with Gasteiger partial charge in [0.1, 0.15) is 10.8 Å². The molecule has 3 aromatic carbocycles. The Morgan fingerprint density at radius 3 is 2.28 bits per heavy atom. The second kappa shape index (κ2) is 9.17. The van der Waals surface area contributed by atoms with Crippen LogP contribution in [0.15, 0.2) is 90.3 Å². The molecule has 0 aliphatic carbocycles. The molecule has 5 heteroatoms. The van der Waals surface area contributed by atoms with E-state index in [0.29, 0.717) is 12.3 Å². The van der Waals surface area contributed by atoms with Crippen molar-refractivity contribution >= 4 is 17.2 Å². The van der Waals surface area contributed by atoms with E-state index in [1.165, 1.54) is 0 Å². The fraction of sp³-hybridized carbons (Fsp3) is 0.0833. The van der Waals surface area contributed by atoms with E-state index in [-0.39, 0.29) is 12.5 Å². The fourth-order valence-electron chi connectivity index (χ4n) is 2.83. The normalized spacial score (nSPS) is 10.5.